The van der Waals surface area contributed by atoms with Gasteiger partial charge in [0.15, 0.2) is 0 Å². The molecule has 1 aliphatic heterocycles. The summed E-state index contributed by atoms with van der Waals surface area (Å²) in [6.45, 7) is 7.85. The molecule has 1 fully saturated rings. The molecule has 1 unspecified atom stereocenters. The Hall–Kier alpha value is -0.380. The maximum Gasteiger partial charge on any atom is 0.0213 e. The van der Waals surface area contributed by atoms with Gasteiger partial charge in [0.1, 0.15) is 0 Å². The van der Waals surface area contributed by atoms with Crippen LogP contribution in [0, 0.1) is 0 Å². The van der Waals surface area contributed by atoms with Crippen LogP contribution in [0.4, 0.5) is 0 Å². The average molecular weight is 297 g/mol. The first-order chi connectivity index (χ1) is 8.09. The van der Waals surface area contributed by atoms with Crippen LogP contribution in [0.3, 0.4) is 0 Å². The molecule has 17 heavy (non-hydrogen) atoms. The molecule has 1 aromatic rings. The minimum Gasteiger partial charge on any atom is -0.315 e. The van der Waals surface area contributed by atoms with Crippen molar-refractivity contribution in [2.75, 3.05) is 19.6 Å². The maximum atomic E-state index is 3.66. The fraction of sp³-hybridized carbons (Fsp3) is 0.571. The van der Waals surface area contributed by atoms with Crippen molar-refractivity contribution in [2.45, 2.75) is 31.7 Å². The molecular formula is C14H21BrN2. The Kier molecular flexibility index (Phi) is 4.23. The van der Waals surface area contributed by atoms with Crippen LogP contribution < -0.4 is 10.6 Å². The van der Waals surface area contributed by atoms with Crippen LogP contribution in [0.25, 0.3) is 0 Å². The van der Waals surface area contributed by atoms with Crippen molar-refractivity contribution >= 4 is 15.9 Å². The number of nitrogens with one attached hydrogen (secondary N) is 2. The minimum atomic E-state index is 0.155. The molecule has 3 heteroatoms. The molecule has 0 amide bonds. The quantitative estimate of drug-likeness (QED) is 0.893. The van der Waals surface area contributed by atoms with E-state index < -0.39 is 0 Å². The topological polar surface area (TPSA) is 24.1 Å². The van der Waals surface area contributed by atoms with E-state index in [2.05, 4.69) is 64.7 Å². The van der Waals surface area contributed by atoms with Crippen LogP contribution >= 0.6 is 15.9 Å². The zero-order valence-electron chi connectivity index (χ0n) is 10.6. The molecule has 1 atom stereocenters. The number of halogens is 1. The molecule has 1 aromatic carbocycles. The second kappa shape index (κ2) is 5.51. The van der Waals surface area contributed by atoms with Gasteiger partial charge in [-0.1, -0.05) is 48.0 Å². The summed E-state index contributed by atoms with van der Waals surface area (Å²) in [4.78, 5) is 0. The van der Waals surface area contributed by atoms with Gasteiger partial charge in [-0.3, -0.25) is 0 Å². The molecule has 1 heterocycles. The van der Waals surface area contributed by atoms with Crippen LogP contribution in [0.2, 0.25) is 0 Å². The van der Waals surface area contributed by atoms with Crippen molar-refractivity contribution in [3.63, 3.8) is 0 Å². The molecule has 2 rings (SSSR count). The lowest BCUT2D eigenvalue weighted by molar-refractivity contribution is 0.427. The second-order valence-corrected chi connectivity index (χ2v) is 6.29. The molecule has 94 valence electrons. The highest BCUT2D eigenvalue weighted by Gasteiger charge is 2.24. The molecule has 0 aliphatic carbocycles. The van der Waals surface area contributed by atoms with E-state index in [-0.39, 0.29) is 5.41 Å². The molecule has 1 saturated heterocycles. The van der Waals surface area contributed by atoms with Gasteiger partial charge >= 0.3 is 0 Å². The Morgan fingerprint density at radius 2 is 2.18 bits per heavy atom. The van der Waals surface area contributed by atoms with Crippen molar-refractivity contribution in [3.8, 4) is 0 Å². The fourth-order valence-electron chi connectivity index (χ4n) is 2.33. The average Bonchev–Trinajstić information content (AvgIpc) is 2.80. The van der Waals surface area contributed by atoms with E-state index >= 15 is 0 Å². The SMILES string of the molecule is CC(C)(CNC1CCNC1)c1ccccc1Br. The standard InChI is InChI=1S/C14H21BrN2/c1-14(2,10-17-11-7-8-16-9-11)12-5-3-4-6-13(12)15/h3-6,11,16-17H,7-10H2,1-2H3. The number of benzene rings is 1. The smallest absolute Gasteiger partial charge is 0.0213 e. The summed E-state index contributed by atoms with van der Waals surface area (Å²) < 4.78 is 1.20. The lowest BCUT2D eigenvalue weighted by Crippen LogP contribution is -2.40. The molecule has 0 spiro atoms. The third-order valence-electron chi connectivity index (χ3n) is 3.50. The van der Waals surface area contributed by atoms with Crippen molar-refractivity contribution in [2.24, 2.45) is 0 Å². The van der Waals surface area contributed by atoms with Gasteiger partial charge < -0.3 is 10.6 Å². The summed E-state index contributed by atoms with van der Waals surface area (Å²) >= 11 is 3.65. The van der Waals surface area contributed by atoms with E-state index in [1.807, 2.05) is 0 Å². The Bertz CT molecular complexity index is 370. The van der Waals surface area contributed by atoms with Crippen LogP contribution in [-0.2, 0) is 5.41 Å². The van der Waals surface area contributed by atoms with E-state index in [0.29, 0.717) is 6.04 Å². The van der Waals surface area contributed by atoms with E-state index in [9.17, 15) is 0 Å². The molecular weight excluding hydrogens is 276 g/mol. The number of hydrogen-bond acceptors (Lipinski definition) is 2. The van der Waals surface area contributed by atoms with Gasteiger partial charge in [0.25, 0.3) is 0 Å². The second-order valence-electron chi connectivity index (χ2n) is 5.43. The summed E-state index contributed by atoms with van der Waals surface area (Å²) in [6.07, 6.45) is 1.24. The summed E-state index contributed by atoms with van der Waals surface area (Å²) in [7, 11) is 0. The predicted octanol–water partition coefficient (Wildman–Crippen LogP) is 2.68. The lowest BCUT2D eigenvalue weighted by atomic mass is 9.84. The van der Waals surface area contributed by atoms with E-state index in [0.717, 1.165) is 19.6 Å². The molecule has 2 N–H and O–H groups in total. The normalized spacial score (nSPS) is 20.8. The van der Waals surface area contributed by atoms with Gasteiger partial charge in [0, 0.05) is 29.0 Å². The first-order valence-electron chi connectivity index (χ1n) is 6.29. The summed E-state index contributed by atoms with van der Waals surface area (Å²) in [5.74, 6) is 0. The third kappa shape index (κ3) is 3.30. The van der Waals surface area contributed by atoms with Gasteiger partial charge in [0.05, 0.1) is 0 Å². The van der Waals surface area contributed by atoms with Crippen LogP contribution in [0.1, 0.15) is 25.8 Å². The molecule has 0 radical (unpaired) electrons. The monoisotopic (exact) mass is 296 g/mol. The van der Waals surface area contributed by atoms with Gasteiger partial charge in [-0.05, 0) is 24.6 Å². The van der Waals surface area contributed by atoms with Crippen LogP contribution in [0.15, 0.2) is 28.7 Å². The highest BCUT2D eigenvalue weighted by molar-refractivity contribution is 9.10. The zero-order chi connectivity index (χ0) is 12.3. The first-order valence-corrected chi connectivity index (χ1v) is 7.08. The molecule has 2 nitrogen and oxygen atoms in total. The fourth-order valence-corrected chi connectivity index (χ4v) is 3.16. The van der Waals surface area contributed by atoms with Crippen molar-refractivity contribution in [3.05, 3.63) is 34.3 Å². The zero-order valence-corrected chi connectivity index (χ0v) is 12.2. The van der Waals surface area contributed by atoms with Crippen molar-refractivity contribution in [1.82, 2.24) is 10.6 Å². The van der Waals surface area contributed by atoms with Crippen molar-refractivity contribution in [1.29, 1.82) is 0 Å². The lowest BCUT2D eigenvalue weighted by Gasteiger charge is -2.28. The molecule has 0 bridgehead atoms. The summed E-state index contributed by atoms with van der Waals surface area (Å²) in [6, 6.07) is 9.14. The predicted molar refractivity (Wildman–Crippen MR) is 76.4 cm³/mol. The van der Waals surface area contributed by atoms with Crippen molar-refractivity contribution < 1.29 is 0 Å². The van der Waals surface area contributed by atoms with Gasteiger partial charge in [0.2, 0.25) is 0 Å². The Labute approximate surface area is 112 Å². The molecule has 1 aliphatic rings. The van der Waals surface area contributed by atoms with E-state index in [1.54, 1.807) is 0 Å². The van der Waals surface area contributed by atoms with E-state index in [1.165, 1.54) is 16.5 Å². The van der Waals surface area contributed by atoms with E-state index in [4.69, 9.17) is 0 Å². The summed E-state index contributed by atoms with van der Waals surface area (Å²) in [5.41, 5.74) is 1.53. The summed E-state index contributed by atoms with van der Waals surface area (Å²) in [5, 5.41) is 7.05. The number of rotatable bonds is 4. The van der Waals surface area contributed by atoms with Crippen LogP contribution in [0.5, 0.6) is 0 Å². The van der Waals surface area contributed by atoms with Gasteiger partial charge in [-0.25, -0.2) is 0 Å². The largest absolute Gasteiger partial charge is 0.315 e. The third-order valence-corrected chi connectivity index (χ3v) is 4.19. The Balaban J connectivity index is 2.00. The molecule has 0 saturated carbocycles. The highest BCUT2D eigenvalue weighted by atomic mass is 79.9. The Morgan fingerprint density at radius 1 is 1.41 bits per heavy atom. The maximum absolute atomic E-state index is 3.66. The molecule has 0 aromatic heterocycles. The van der Waals surface area contributed by atoms with Crippen LogP contribution in [-0.4, -0.2) is 25.7 Å². The Morgan fingerprint density at radius 3 is 2.82 bits per heavy atom. The highest BCUT2D eigenvalue weighted by Crippen LogP contribution is 2.29. The van der Waals surface area contributed by atoms with Gasteiger partial charge in [-0.2, -0.15) is 0 Å². The van der Waals surface area contributed by atoms with Gasteiger partial charge in [-0.15, -0.1) is 0 Å². The first kappa shape index (κ1) is 13.1. The minimum absolute atomic E-state index is 0.155. The number of hydrogen-bond donors (Lipinski definition) is 2.